The van der Waals surface area contributed by atoms with Crippen molar-refractivity contribution < 1.29 is 14.0 Å². The van der Waals surface area contributed by atoms with Crippen molar-refractivity contribution >= 4 is 51.0 Å². The second kappa shape index (κ2) is 6.79. The van der Waals surface area contributed by atoms with Gasteiger partial charge >= 0.3 is 0 Å². The van der Waals surface area contributed by atoms with Gasteiger partial charge in [-0.3, -0.25) is 9.59 Å². The van der Waals surface area contributed by atoms with Crippen LogP contribution >= 0.6 is 22.9 Å². The zero-order valence-electron chi connectivity index (χ0n) is 15.4. The van der Waals surface area contributed by atoms with Crippen LogP contribution in [0, 0.1) is 0 Å². The van der Waals surface area contributed by atoms with E-state index in [1.54, 1.807) is 18.2 Å². The fraction of sp³-hybridized carbons (Fsp3) is 0.0870. The van der Waals surface area contributed by atoms with Crippen molar-refractivity contribution in [2.45, 2.75) is 13.3 Å². The van der Waals surface area contributed by atoms with Crippen molar-refractivity contribution in [3.05, 3.63) is 80.7 Å². The molecule has 0 N–H and O–H groups in total. The first-order valence-electron chi connectivity index (χ1n) is 9.15. The van der Waals surface area contributed by atoms with Crippen LogP contribution in [0.2, 0.25) is 5.02 Å². The molecule has 5 rings (SSSR count). The maximum Gasteiger partial charge on any atom is 0.228 e. The molecule has 4 aromatic rings. The highest BCUT2D eigenvalue weighted by Gasteiger charge is 2.36. The number of fused-ring (bicyclic) bond motifs is 2. The first kappa shape index (κ1) is 18.0. The molecule has 4 nitrogen and oxygen atoms in total. The van der Waals surface area contributed by atoms with Crippen molar-refractivity contribution in [1.82, 2.24) is 4.98 Å². The van der Waals surface area contributed by atoms with Gasteiger partial charge < -0.3 is 4.42 Å². The van der Waals surface area contributed by atoms with Crippen LogP contribution in [0.1, 0.15) is 38.1 Å². The number of ketones is 2. The van der Waals surface area contributed by atoms with E-state index in [1.807, 2.05) is 43.3 Å². The Kier molecular flexibility index (Phi) is 4.23. The van der Waals surface area contributed by atoms with Crippen LogP contribution < -0.4 is 0 Å². The Balaban J connectivity index is 1.55. The molecule has 1 aliphatic rings. The van der Waals surface area contributed by atoms with Crippen molar-refractivity contribution in [3.8, 4) is 11.5 Å². The normalized spacial score (nSPS) is 14.9. The third kappa shape index (κ3) is 2.85. The van der Waals surface area contributed by atoms with Crippen molar-refractivity contribution in [1.29, 1.82) is 0 Å². The average molecular weight is 420 g/mol. The lowest BCUT2D eigenvalue weighted by Crippen LogP contribution is -2.01. The molecule has 0 amide bonds. The minimum atomic E-state index is -0.326. The van der Waals surface area contributed by atoms with Gasteiger partial charge in [0.1, 0.15) is 0 Å². The van der Waals surface area contributed by atoms with Gasteiger partial charge in [0.15, 0.2) is 22.0 Å². The summed E-state index contributed by atoms with van der Waals surface area (Å²) < 4.78 is 5.85. The second-order valence-electron chi connectivity index (χ2n) is 6.73. The van der Waals surface area contributed by atoms with Crippen LogP contribution in [-0.4, -0.2) is 16.6 Å². The Labute approximate surface area is 175 Å². The molecular formula is C23H14ClNO3S. The predicted octanol–water partition coefficient (Wildman–Crippen LogP) is 6.23. The van der Waals surface area contributed by atoms with E-state index in [0.717, 1.165) is 20.8 Å². The summed E-state index contributed by atoms with van der Waals surface area (Å²) in [4.78, 5) is 31.8. The molecule has 0 fully saturated rings. The van der Waals surface area contributed by atoms with E-state index in [9.17, 15) is 9.59 Å². The van der Waals surface area contributed by atoms with Gasteiger partial charge in [0.25, 0.3) is 0 Å². The number of hydrogen-bond donors (Lipinski definition) is 0. The van der Waals surface area contributed by atoms with E-state index in [1.165, 1.54) is 11.3 Å². The molecular weight excluding hydrogens is 406 g/mol. The van der Waals surface area contributed by atoms with Crippen LogP contribution in [0.15, 0.2) is 58.5 Å². The second-order valence-corrected chi connectivity index (χ2v) is 8.20. The first-order valence-corrected chi connectivity index (χ1v) is 10.3. The fourth-order valence-corrected chi connectivity index (χ4v) is 4.71. The van der Waals surface area contributed by atoms with Gasteiger partial charge in [-0.2, -0.15) is 4.98 Å². The minimum Gasteiger partial charge on any atom is -0.435 e. The van der Waals surface area contributed by atoms with Gasteiger partial charge in [-0.25, -0.2) is 0 Å². The summed E-state index contributed by atoms with van der Waals surface area (Å²) in [5.74, 6) is -0.0496. The minimum absolute atomic E-state index is 0.134. The Morgan fingerprint density at radius 1 is 1.07 bits per heavy atom. The Bertz CT molecular complexity index is 1300. The number of rotatable bonds is 3. The van der Waals surface area contributed by atoms with Crippen LogP contribution in [-0.2, 0) is 6.42 Å². The molecule has 0 radical (unpaired) electrons. The molecule has 2 aromatic heterocycles. The van der Waals surface area contributed by atoms with E-state index in [-0.39, 0.29) is 17.1 Å². The molecule has 0 saturated heterocycles. The number of hydrogen-bond acceptors (Lipinski definition) is 5. The first-order chi connectivity index (χ1) is 14.1. The van der Waals surface area contributed by atoms with E-state index in [4.69, 9.17) is 16.0 Å². The number of carbonyl (C=O) groups excluding carboxylic acids is 2. The van der Waals surface area contributed by atoms with Crippen LogP contribution in [0.3, 0.4) is 0 Å². The summed E-state index contributed by atoms with van der Waals surface area (Å²) in [5.41, 5.74) is 3.24. The molecule has 0 atom stereocenters. The standard InChI is InChI=1S/C23H14ClNO3S/c1-2-12-8-9-16(24)19-18(12)20(26)15(21(19)27)10-14-11-17-23(29-14)25-22(28-17)13-6-4-3-5-7-13/h3-11H,2H2,1H3/b15-10-. The van der Waals surface area contributed by atoms with Crippen LogP contribution in [0.25, 0.3) is 27.9 Å². The SMILES string of the molecule is CCc1ccc(Cl)c2c1C(=O)/C(=C/c1cc3oc(-c4ccccc4)nc3s1)C2=O. The number of allylic oxidation sites excluding steroid dienone is 1. The molecule has 0 bridgehead atoms. The predicted molar refractivity (Wildman–Crippen MR) is 115 cm³/mol. The zero-order valence-corrected chi connectivity index (χ0v) is 16.9. The number of halogens is 1. The van der Waals surface area contributed by atoms with E-state index >= 15 is 0 Å². The van der Waals surface area contributed by atoms with E-state index in [0.29, 0.717) is 34.0 Å². The highest BCUT2D eigenvalue weighted by Crippen LogP contribution is 2.37. The summed E-state index contributed by atoms with van der Waals surface area (Å²) in [6.07, 6.45) is 2.27. The largest absolute Gasteiger partial charge is 0.435 e. The molecule has 0 unspecified atom stereocenters. The number of benzene rings is 2. The van der Waals surface area contributed by atoms with Crippen LogP contribution in [0.5, 0.6) is 0 Å². The lowest BCUT2D eigenvalue weighted by Gasteiger charge is -2.04. The lowest BCUT2D eigenvalue weighted by atomic mass is 10.0. The summed E-state index contributed by atoms with van der Waals surface area (Å²) in [6, 6.07) is 14.9. The number of nitrogens with zero attached hydrogens (tertiary/aromatic N) is 1. The Morgan fingerprint density at radius 3 is 2.55 bits per heavy atom. The molecule has 142 valence electrons. The van der Waals surface area contributed by atoms with Crippen LogP contribution in [0.4, 0.5) is 0 Å². The van der Waals surface area contributed by atoms with Gasteiger partial charge in [-0.15, -0.1) is 11.3 Å². The van der Waals surface area contributed by atoms with Gasteiger partial charge in [-0.05, 0) is 36.3 Å². The number of aromatic nitrogens is 1. The van der Waals surface area contributed by atoms with Crippen molar-refractivity contribution in [3.63, 3.8) is 0 Å². The maximum atomic E-state index is 13.0. The maximum absolute atomic E-state index is 13.0. The van der Waals surface area contributed by atoms with Crippen molar-refractivity contribution in [2.24, 2.45) is 0 Å². The van der Waals surface area contributed by atoms with Gasteiger partial charge in [0.05, 0.1) is 16.2 Å². The fourth-order valence-electron chi connectivity index (χ4n) is 3.57. The highest BCUT2D eigenvalue weighted by molar-refractivity contribution is 7.19. The topological polar surface area (TPSA) is 60.2 Å². The number of carbonyl (C=O) groups is 2. The highest BCUT2D eigenvalue weighted by atomic mass is 35.5. The number of oxazole rings is 1. The summed E-state index contributed by atoms with van der Waals surface area (Å²) in [5, 5.41) is 0.313. The van der Waals surface area contributed by atoms with Gasteiger partial charge in [0.2, 0.25) is 5.89 Å². The zero-order chi connectivity index (χ0) is 20.1. The molecule has 0 spiro atoms. The third-order valence-electron chi connectivity index (χ3n) is 4.98. The molecule has 6 heteroatoms. The molecule has 29 heavy (non-hydrogen) atoms. The Morgan fingerprint density at radius 2 is 1.83 bits per heavy atom. The molecule has 2 aromatic carbocycles. The molecule has 0 saturated carbocycles. The molecule has 1 aliphatic carbocycles. The van der Waals surface area contributed by atoms with Crippen molar-refractivity contribution in [2.75, 3.05) is 0 Å². The lowest BCUT2D eigenvalue weighted by molar-refractivity contribution is 0.0990. The molecule has 2 heterocycles. The average Bonchev–Trinajstić information content (AvgIpc) is 3.36. The number of aryl methyl sites for hydroxylation is 1. The van der Waals surface area contributed by atoms with E-state index < -0.39 is 0 Å². The molecule has 0 aliphatic heterocycles. The summed E-state index contributed by atoms with van der Waals surface area (Å²) in [7, 11) is 0. The number of thiophene rings is 1. The monoisotopic (exact) mass is 419 g/mol. The third-order valence-corrected chi connectivity index (χ3v) is 6.25. The van der Waals surface area contributed by atoms with Gasteiger partial charge in [0, 0.05) is 22.1 Å². The van der Waals surface area contributed by atoms with Gasteiger partial charge in [-0.1, -0.05) is 42.8 Å². The summed E-state index contributed by atoms with van der Waals surface area (Å²) >= 11 is 7.60. The van der Waals surface area contributed by atoms with E-state index in [2.05, 4.69) is 4.98 Å². The smallest absolute Gasteiger partial charge is 0.228 e. The Hall–Kier alpha value is -3.02. The quantitative estimate of drug-likeness (QED) is 0.291. The summed E-state index contributed by atoms with van der Waals surface area (Å²) in [6.45, 7) is 1.95. The number of Topliss-reactive ketones (excluding diaryl/α,β-unsaturated/α-hetero) is 2.